The fourth-order valence-corrected chi connectivity index (χ4v) is 3.92. The second kappa shape index (κ2) is 7.46. The molecule has 2 aromatic rings. The van der Waals surface area contributed by atoms with Gasteiger partial charge in [-0.25, -0.2) is 18.3 Å². The van der Waals surface area contributed by atoms with Crippen molar-refractivity contribution in [1.29, 1.82) is 0 Å². The lowest BCUT2D eigenvalue weighted by atomic mass is 10.1. The number of alkyl halides is 3. The van der Waals surface area contributed by atoms with E-state index in [4.69, 9.17) is 11.6 Å². The Morgan fingerprint density at radius 3 is 2.41 bits per heavy atom. The van der Waals surface area contributed by atoms with Gasteiger partial charge in [-0.2, -0.15) is 13.2 Å². The van der Waals surface area contributed by atoms with Crippen LogP contribution in [0.4, 0.5) is 18.9 Å². The van der Waals surface area contributed by atoms with Crippen molar-refractivity contribution < 1.29 is 31.5 Å². The standard InChI is InChI=1S/C15H16ClF3N4O5S/c1-7(2)23-12(25)21-22-13(23)29(27,28)8-4-5-10(9(16)6-8)20-11(24)14(3,26)15(17,18)19/h4-7,26H,1-3H3,(H,20,24)(H,21,25). The molecular weight excluding hydrogens is 441 g/mol. The number of hydrogen-bond acceptors (Lipinski definition) is 6. The lowest BCUT2D eigenvalue weighted by molar-refractivity contribution is -0.242. The maximum absolute atomic E-state index is 12.8. The Labute approximate surface area is 167 Å². The molecule has 2 rings (SSSR count). The molecule has 3 N–H and O–H groups in total. The smallest absolute Gasteiger partial charge is 0.373 e. The predicted octanol–water partition coefficient (Wildman–Crippen LogP) is 1.89. The summed E-state index contributed by atoms with van der Waals surface area (Å²) in [5.74, 6) is -1.80. The SMILES string of the molecule is CC(C)n1c(S(=O)(=O)c2ccc(NC(=O)C(C)(O)C(F)(F)F)c(Cl)c2)n[nH]c1=O. The first-order chi connectivity index (χ1) is 13.1. The highest BCUT2D eigenvalue weighted by Gasteiger charge is 2.55. The van der Waals surface area contributed by atoms with E-state index in [1.54, 1.807) is 19.2 Å². The van der Waals surface area contributed by atoms with Gasteiger partial charge >= 0.3 is 11.9 Å². The van der Waals surface area contributed by atoms with E-state index < -0.39 is 54.3 Å². The number of nitrogens with zero attached hydrogens (tertiary/aromatic N) is 2. The molecule has 9 nitrogen and oxygen atoms in total. The number of carbonyl (C=O) groups excluding carboxylic acids is 1. The summed E-state index contributed by atoms with van der Waals surface area (Å²) in [5.41, 5.74) is -4.80. The van der Waals surface area contributed by atoms with E-state index in [1.165, 1.54) is 0 Å². The molecule has 0 aliphatic heterocycles. The summed E-state index contributed by atoms with van der Waals surface area (Å²) in [6, 6.07) is 2.25. The number of aromatic amines is 1. The Balaban J connectivity index is 2.42. The molecular formula is C15H16ClF3N4O5S. The third kappa shape index (κ3) is 4.16. The summed E-state index contributed by atoms with van der Waals surface area (Å²) in [6.45, 7) is 3.39. The number of halogens is 4. The molecule has 0 bridgehead atoms. The molecule has 1 heterocycles. The fraction of sp³-hybridized carbons (Fsp3) is 0.400. The number of sulfone groups is 1. The van der Waals surface area contributed by atoms with E-state index in [2.05, 4.69) is 5.10 Å². The molecule has 0 saturated heterocycles. The van der Waals surface area contributed by atoms with Crippen molar-refractivity contribution in [3.8, 4) is 0 Å². The summed E-state index contributed by atoms with van der Waals surface area (Å²) < 4.78 is 64.7. The number of rotatable bonds is 5. The predicted molar refractivity (Wildman–Crippen MR) is 95.4 cm³/mol. The van der Waals surface area contributed by atoms with Gasteiger partial charge in [0.1, 0.15) is 0 Å². The van der Waals surface area contributed by atoms with Crippen LogP contribution in [-0.2, 0) is 14.6 Å². The van der Waals surface area contributed by atoms with Gasteiger partial charge in [0.15, 0.2) is 0 Å². The summed E-state index contributed by atoms with van der Waals surface area (Å²) in [7, 11) is -4.32. The Morgan fingerprint density at radius 1 is 1.34 bits per heavy atom. The van der Waals surface area contributed by atoms with Crippen molar-refractivity contribution in [2.24, 2.45) is 0 Å². The van der Waals surface area contributed by atoms with Crippen molar-refractivity contribution in [3.63, 3.8) is 0 Å². The van der Waals surface area contributed by atoms with E-state index in [0.717, 1.165) is 22.8 Å². The van der Waals surface area contributed by atoms with Gasteiger partial charge in [-0.15, -0.1) is 5.10 Å². The fourth-order valence-electron chi connectivity index (χ4n) is 2.18. The molecule has 0 saturated carbocycles. The summed E-state index contributed by atoms with van der Waals surface area (Å²) in [5, 5.41) is 15.7. The van der Waals surface area contributed by atoms with Crippen LogP contribution in [0.5, 0.6) is 0 Å². The van der Waals surface area contributed by atoms with Crippen LogP contribution in [0.3, 0.4) is 0 Å². The Hall–Kier alpha value is -2.38. The van der Waals surface area contributed by atoms with E-state index in [9.17, 15) is 36.3 Å². The molecule has 0 aliphatic carbocycles. The lowest BCUT2D eigenvalue weighted by Crippen LogP contribution is -2.52. The van der Waals surface area contributed by atoms with Crippen LogP contribution in [-0.4, -0.2) is 46.0 Å². The monoisotopic (exact) mass is 456 g/mol. The summed E-state index contributed by atoms with van der Waals surface area (Å²) >= 11 is 5.90. The number of anilines is 1. The first kappa shape index (κ1) is 22.9. The number of aliphatic hydroxyl groups is 1. The summed E-state index contributed by atoms with van der Waals surface area (Å²) in [4.78, 5) is 23.1. The average Bonchev–Trinajstić information content (AvgIpc) is 2.98. The topological polar surface area (TPSA) is 134 Å². The zero-order valence-electron chi connectivity index (χ0n) is 15.2. The number of aromatic nitrogens is 3. The van der Waals surface area contributed by atoms with Crippen LogP contribution in [0.15, 0.2) is 33.0 Å². The molecule has 14 heteroatoms. The van der Waals surface area contributed by atoms with Crippen LogP contribution >= 0.6 is 11.6 Å². The average molecular weight is 457 g/mol. The van der Waals surface area contributed by atoms with Crippen molar-refractivity contribution in [2.45, 2.75) is 48.6 Å². The molecule has 1 unspecified atom stereocenters. The van der Waals surface area contributed by atoms with Gasteiger partial charge in [0.2, 0.25) is 15.4 Å². The van der Waals surface area contributed by atoms with Gasteiger partial charge in [-0.1, -0.05) is 11.6 Å². The number of hydrogen-bond donors (Lipinski definition) is 3. The van der Waals surface area contributed by atoms with Gasteiger partial charge in [0.05, 0.1) is 15.6 Å². The molecule has 29 heavy (non-hydrogen) atoms. The minimum atomic E-state index is -5.24. The van der Waals surface area contributed by atoms with Crippen LogP contribution in [0.2, 0.25) is 5.02 Å². The summed E-state index contributed by atoms with van der Waals surface area (Å²) in [6.07, 6.45) is -5.24. The van der Waals surface area contributed by atoms with Crippen molar-refractivity contribution in [1.82, 2.24) is 14.8 Å². The normalized spacial score (nSPS) is 14.7. The highest BCUT2D eigenvalue weighted by atomic mass is 35.5. The van der Waals surface area contributed by atoms with Gasteiger partial charge in [0, 0.05) is 6.04 Å². The number of nitrogens with one attached hydrogen (secondary N) is 2. The van der Waals surface area contributed by atoms with Gasteiger partial charge < -0.3 is 10.4 Å². The van der Waals surface area contributed by atoms with E-state index in [1.807, 2.05) is 5.10 Å². The number of H-pyrrole nitrogens is 1. The number of carbonyl (C=O) groups is 1. The van der Waals surface area contributed by atoms with Gasteiger partial charge in [-0.05, 0) is 39.0 Å². The third-order valence-corrected chi connectivity index (χ3v) is 5.88. The second-order valence-electron chi connectivity index (χ2n) is 6.44. The van der Waals surface area contributed by atoms with E-state index >= 15 is 0 Å². The Bertz CT molecular complexity index is 1110. The minimum Gasteiger partial charge on any atom is -0.373 e. The first-order valence-corrected chi connectivity index (χ1v) is 9.79. The highest BCUT2D eigenvalue weighted by molar-refractivity contribution is 7.91. The van der Waals surface area contributed by atoms with Gasteiger partial charge in [0.25, 0.3) is 11.1 Å². The molecule has 160 valence electrons. The molecule has 1 amide bonds. The van der Waals surface area contributed by atoms with E-state index in [-0.39, 0.29) is 12.6 Å². The van der Waals surface area contributed by atoms with Crippen LogP contribution in [0.1, 0.15) is 26.8 Å². The quantitative estimate of drug-likeness (QED) is 0.629. The maximum atomic E-state index is 12.8. The van der Waals surface area contributed by atoms with Crippen LogP contribution in [0.25, 0.3) is 0 Å². The molecule has 0 spiro atoms. The van der Waals surface area contributed by atoms with Crippen molar-refractivity contribution in [2.75, 3.05) is 5.32 Å². The number of benzene rings is 1. The lowest BCUT2D eigenvalue weighted by Gasteiger charge is -2.25. The third-order valence-electron chi connectivity index (χ3n) is 3.92. The van der Waals surface area contributed by atoms with Gasteiger partial charge in [-0.3, -0.25) is 9.36 Å². The zero-order chi connectivity index (χ0) is 22.4. The molecule has 0 aliphatic rings. The van der Waals surface area contributed by atoms with E-state index in [0.29, 0.717) is 0 Å². The molecule has 1 atom stereocenters. The largest absolute Gasteiger partial charge is 0.426 e. The zero-order valence-corrected chi connectivity index (χ0v) is 16.8. The molecule has 1 aromatic heterocycles. The second-order valence-corrected chi connectivity index (χ2v) is 8.69. The van der Waals surface area contributed by atoms with Crippen LogP contribution < -0.4 is 11.0 Å². The maximum Gasteiger partial charge on any atom is 0.426 e. The first-order valence-electron chi connectivity index (χ1n) is 7.92. The molecule has 1 aromatic carbocycles. The van der Waals surface area contributed by atoms with Crippen molar-refractivity contribution >= 4 is 33.0 Å². The minimum absolute atomic E-state index is 0.262. The molecule has 0 fully saturated rings. The molecule has 0 radical (unpaired) electrons. The Morgan fingerprint density at radius 2 is 1.93 bits per heavy atom. The van der Waals surface area contributed by atoms with Crippen molar-refractivity contribution in [3.05, 3.63) is 33.7 Å². The highest BCUT2D eigenvalue weighted by Crippen LogP contribution is 2.33. The Kier molecular flexibility index (Phi) is 5.89. The van der Waals surface area contributed by atoms with Crippen LogP contribution in [0, 0.1) is 0 Å². The number of amides is 1.